The number of benzene rings is 2. The Kier molecular flexibility index (Phi) is 3.94. The van der Waals surface area contributed by atoms with E-state index in [1.54, 1.807) is 30.6 Å². The Labute approximate surface area is 144 Å². The van der Waals surface area contributed by atoms with Crippen molar-refractivity contribution in [3.05, 3.63) is 83.3 Å². The van der Waals surface area contributed by atoms with Gasteiger partial charge in [-0.25, -0.2) is 14.4 Å². The first-order valence-electron chi connectivity index (χ1n) is 8.10. The molecule has 0 saturated heterocycles. The van der Waals surface area contributed by atoms with Gasteiger partial charge >= 0.3 is 0 Å². The zero-order valence-electron chi connectivity index (χ0n) is 13.4. The van der Waals surface area contributed by atoms with Gasteiger partial charge in [0, 0.05) is 41.9 Å². The molecule has 3 nitrogen and oxygen atoms in total. The molecule has 3 aromatic rings. The number of rotatable bonds is 4. The number of carbonyl (C=O) groups excluding carboxylic acids is 1. The molecular weight excluding hydrogens is 315 g/mol. The van der Waals surface area contributed by atoms with Gasteiger partial charge in [-0.05, 0) is 29.3 Å². The van der Waals surface area contributed by atoms with Gasteiger partial charge < -0.3 is 0 Å². The molecule has 2 aromatic carbocycles. The first-order valence-corrected chi connectivity index (χ1v) is 8.10. The molecular formula is C21H15FN2O. The minimum Gasteiger partial charge on any atom is -0.294 e. The molecule has 1 aliphatic heterocycles. The van der Waals surface area contributed by atoms with Gasteiger partial charge in [-0.1, -0.05) is 36.4 Å². The molecule has 4 rings (SSSR count). The Bertz CT molecular complexity index is 980. The molecule has 0 atom stereocenters. The number of carbonyl (C=O) groups is 1. The third kappa shape index (κ3) is 2.98. The molecule has 1 aromatic heterocycles. The van der Waals surface area contributed by atoms with E-state index >= 15 is 0 Å². The van der Waals surface area contributed by atoms with Crippen LogP contribution in [0, 0.1) is 5.82 Å². The number of aromatic nitrogens is 1. The van der Waals surface area contributed by atoms with Crippen LogP contribution in [0.25, 0.3) is 11.1 Å². The van der Waals surface area contributed by atoms with E-state index in [0.717, 1.165) is 16.7 Å². The van der Waals surface area contributed by atoms with Gasteiger partial charge in [0.1, 0.15) is 5.82 Å². The fourth-order valence-electron chi connectivity index (χ4n) is 3.08. The summed E-state index contributed by atoms with van der Waals surface area (Å²) in [4.78, 5) is 21.1. The number of pyridine rings is 1. The molecule has 0 fully saturated rings. The molecule has 1 aliphatic rings. The topological polar surface area (TPSA) is 42.3 Å². The number of ketones is 1. The largest absolute Gasteiger partial charge is 0.294 e. The number of halogens is 1. The fourth-order valence-corrected chi connectivity index (χ4v) is 3.08. The third-order valence-electron chi connectivity index (χ3n) is 4.32. The highest BCUT2D eigenvalue weighted by Gasteiger charge is 2.18. The normalized spacial score (nSPS) is 12.2. The highest BCUT2D eigenvalue weighted by molar-refractivity contribution is 6.01. The maximum Gasteiger partial charge on any atom is 0.167 e. The Morgan fingerprint density at radius 1 is 1.08 bits per heavy atom. The smallest absolute Gasteiger partial charge is 0.167 e. The summed E-state index contributed by atoms with van der Waals surface area (Å²) >= 11 is 0. The van der Waals surface area contributed by atoms with E-state index in [-0.39, 0.29) is 18.0 Å². The molecule has 4 heteroatoms. The van der Waals surface area contributed by atoms with Crippen LogP contribution >= 0.6 is 0 Å². The lowest BCUT2D eigenvalue weighted by molar-refractivity contribution is 0.0992. The number of hydrogen-bond acceptors (Lipinski definition) is 3. The predicted octanol–water partition coefficient (Wildman–Crippen LogP) is 4.57. The average Bonchev–Trinajstić information content (AvgIpc) is 3.12. The van der Waals surface area contributed by atoms with Gasteiger partial charge in [-0.3, -0.25) is 4.79 Å². The first kappa shape index (κ1) is 15.4. The summed E-state index contributed by atoms with van der Waals surface area (Å²) in [7, 11) is 0. The monoisotopic (exact) mass is 330 g/mol. The minimum absolute atomic E-state index is 0.00484. The maximum atomic E-state index is 14.2. The van der Waals surface area contributed by atoms with Gasteiger partial charge in [0.2, 0.25) is 0 Å². The van der Waals surface area contributed by atoms with Gasteiger partial charge in [-0.2, -0.15) is 0 Å². The third-order valence-corrected chi connectivity index (χ3v) is 4.32. The summed E-state index contributed by atoms with van der Waals surface area (Å²) in [5.41, 5.74) is 3.61. The predicted molar refractivity (Wildman–Crippen MR) is 96.0 cm³/mol. The van der Waals surface area contributed by atoms with Crippen LogP contribution in [0.4, 0.5) is 10.2 Å². The van der Waals surface area contributed by atoms with Gasteiger partial charge in [0.15, 0.2) is 11.6 Å². The van der Waals surface area contributed by atoms with Crippen molar-refractivity contribution in [2.45, 2.75) is 12.8 Å². The highest BCUT2D eigenvalue weighted by atomic mass is 19.1. The number of hydrogen-bond donors (Lipinski definition) is 0. The Morgan fingerprint density at radius 2 is 1.92 bits per heavy atom. The molecule has 0 spiro atoms. The lowest BCUT2D eigenvalue weighted by atomic mass is 9.96. The summed E-state index contributed by atoms with van der Waals surface area (Å²) in [5.74, 6) is 0.324. The van der Waals surface area contributed by atoms with Crippen molar-refractivity contribution in [2.24, 2.45) is 4.99 Å². The zero-order chi connectivity index (χ0) is 17.2. The molecule has 0 unspecified atom stereocenters. The van der Waals surface area contributed by atoms with Crippen LogP contribution in [0.3, 0.4) is 0 Å². The zero-order valence-corrected chi connectivity index (χ0v) is 13.4. The maximum absolute atomic E-state index is 14.2. The molecule has 0 bridgehead atoms. The van der Waals surface area contributed by atoms with Crippen molar-refractivity contribution >= 4 is 17.8 Å². The standard InChI is InChI=1S/C21H15FN2O/c22-19-7-6-14(12-18(19)15-4-2-1-3-5-15)13-20(25)16-8-10-23-21-17(16)9-11-24-21/h1-8,10-12H,9,13H2. The molecule has 0 amide bonds. The van der Waals surface area contributed by atoms with Crippen LogP contribution in [-0.2, 0) is 12.8 Å². The van der Waals surface area contributed by atoms with Crippen LogP contribution in [0.1, 0.15) is 21.5 Å². The molecule has 0 radical (unpaired) electrons. The van der Waals surface area contributed by atoms with Gasteiger partial charge in [-0.15, -0.1) is 0 Å². The molecule has 0 saturated carbocycles. The van der Waals surface area contributed by atoms with E-state index in [1.807, 2.05) is 30.3 Å². The molecule has 0 aliphatic carbocycles. The summed E-state index contributed by atoms with van der Waals surface area (Å²) < 4.78 is 14.2. The second-order valence-electron chi connectivity index (χ2n) is 5.96. The lowest BCUT2D eigenvalue weighted by Crippen LogP contribution is -2.07. The molecule has 2 heterocycles. The number of nitrogens with zero attached hydrogens (tertiary/aromatic N) is 2. The van der Waals surface area contributed by atoms with E-state index in [1.165, 1.54) is 6.07 Å². The highest BCUT2D eigenvalue weighted by Crippen LogP contribution is 2.27. The number of Topliss-reactive ketones (excluding diaryl/α,β-unsaturated/α-hetero) is 1. The van der Waals surface area contributed by atoms with Crippen LogP contribution in [0.5, 0.6) is 0 Å². The van der Waals surface area contributed by atoms with E-state index < -0.39 is 0 Å². The first-order chi connectivity index (χ1) is 12.2. The summed E-state index contributed by atoms with van der Waals surface area (Å²) in [6.07, 6.45) is 4.22. The molecule has 122 valence electrons. The second kappa shape index (κ2) is 6.40. The van der Waals surface area contributed by atoms with E-state index in [4.69, 9.17) is 0 Å². The molecule has 0 N–H and O–H groups in total. The van der Waals surface area contributed by atoms with Crippen LogP contribution in [-0.4, -0.2) is 17.0 Å². The molecule has 25 heavy (non-hydrogen) atoms. The van der Waals surface area contributed by atoms with Crippen molar-refractivity contribution in [3.8, 4) is 11.1 Å². The van der Waals surface area contributed by atoms with Crippen molar-refractivity contribution in [1.82, 2.24) is 4.98 Å². The van der Waals surface area contributed by atoms with Crippen molar-refractivity contribution < 1.29 is 9.18 Å². The Balaban J connectivity index is 1.64. The minimum atomic E-state index is -0.291. The fraction of sp³-hybridized carbons (Fsp3) is 0.0952. The average molecular weight is 330 g/mol. The van der Waals surface area contributed by atoms with Crippen LogP contribution < -0.4 is 0 Å². The van der Waals surface area contributed by atoms with E-state index in [0.29, 0.717) is 23.4 Å². The van der Waals surface area contributed by atoms with Gasteiger partial charge in [0.05, 0.1) is 0 Å². The van der Waals surface area contributed by atoms with E-state index in [9.17, 15) is 9.18 Å². The van der Waals surface area contributed by atoms with Crippen LogP contribution in [0.15, 0.2) is 65.8 Å². The summed E-state index contributed by atoms with van der Waals surface area (Å²) in [5, 5.41) is 0. The SMILES string of the molecule is O=C(Cc1ccc(F)c(-c2ccccc2)c1)c1ccnc2c1CC=N2. The second-order valence-corrected chi connectivity index (χ2v) is 5.96. The van der Waals surface area contributed by atoms with Crippen molar-refractivity contribution in [2.75, 3.05) is 0 Å². The van der Waals surface area contributed by atoms with E-state index in [2.05, 4.69) is 9.98 Å². The van der Waals surface area contributed by atoms with Crippen LogP contribution in [0.2, 0.25) is 0 Å². The summed E-state index contributed by atoms with van der Waals surface area (Å²) in [6, 6.07) is 15.9. The Hall–Kier alpha value is -3.14. The summed E-state index contributed by atoms with van der Waals surface area (Å²) in [6.45, 7) is 0. The number of fused-ring (bicyclic) bond motifs is 1. The lowest BCUT2D eigenvalue weighted by Gasteiger charge is -2.09. The van der Waals surface area contributed by atoms with Crippen molar-refractivity contribution in [1.29, 1.82) is 0 Å². The number of aliphatic imine (C=N–C) groups is 1. The van der Waals surface area contributed by atoms with Gasteiger partial charge in [0.25, 0.3) is 0 Å². The Morgan fingerprint density at radius 3 is 2.76 bits per heavy atom. The van der Waals surface area contributed by atoms with Crippen molar-refractivity contribution in [3.63, 3.8) is 0 Å². The quantitative estimate of drug-likeness (QED) is 0.658.